The molecule has 2 aliphatic rings. The lowest BCUT2D eigenvalue weighted by Crippen LogP contribution is -2.52. The number of rotatable bonds is 4. The molecular weight excluding hydrogens is 382 g/mol. The molecule has 2 heterocycles. The fraction of sp³-hybridized carbons (Fsp3) is 0.316. The fourth-order valence-corrected chi connectivity index (χ4v) is 3.61. The number of carbonyl (C=O) groups is 2. The van der Waals surface area contributed by atoms with E-state index >= 15 is 0 Å². The highest BCUT2D eigenvalue weighted by Crippen LogP contribution is 2.56. The van der Waals surface area contributed by atoms with E-state index < -0.39 is 35.2 Å². The Morgan fingerprint density at radius 3 is 2.76 bits per heavy atom. The summed E-state index contributed by atoms with van der Waals surface area (Å²) < 4.78 is 28.2. The molecule has 148 valence electrons. The molecule has 1 aromatic carbocycles. The number of carbonyl (C=O) groups excluding carboxylic acids is 2. The first-order valence-electron chi connectivity index (χ1n) is 8.94. The zero-order valence-corrected chi connectivity index (χ0v) is 15.4. The van der Waals surface area contributed by atoms with Crippen LogP contribution in [-0.4, -0.2) is 33.4 Å². The molecule has 8 nitrogen and oxygen atoms in total. The van der Waals surface area contributed by atoms with Crippen molar-refractivity contribution in [2.45, 2.75) is 31.3 Å². The Kier molecular flexibility index (Phi) is 4.38. The molecule has 1 aliphatic carbocycles. The number of amides is 3. The first-order valence-corrected chi connectivity index (χ1v) is 8.94. The molecule has 1 saturated carbocycles. The third-order valence-corrected chi connectivity index (χ3v) is 5.20. The summed E-state index contributed by atoms with van der Waals surface area (Å²) in [6, 6.07) is 3.09. The van der Waals surface area contributed by atoms with Crippen molar-refractivity contribution >= 4 is 17.6 Å². The van der Waals surface area contributed by atoms with Gasteiger partial charge in [-0.1, -0.05) is 0 Å². The van der Waals surface area contributed by atoms with Crippen molar-refractivity contribution in [2.24, 2.45) is 0 Å². The van der Waals surface area contributed by atoms with Gasteiger partial charge < -0.3 is 15.5 Å². The summed E-state index contributed by atoms with van der Waals surface area (Å²) in [5, 5.41) is 14.0. The summed E-state index contributed by atoms with van der Waals surface area (Å²) in [4.78, 5) is 34.3. The standard InChI is InChI=1S/C19H16F2N6O2/c1-10(14-8-23-11(6-22)7-24-14)25-15(28)9-27-18(29)26-13-3-2-12(20)17(21)16(13)19(27)4-5-19/h2-3,7-8,10H,4-5,9H2,1H3,(H,25,28)(H,26,29)/t10-/m1/s1. The average Bonchev–Trinajstić information content (AvgIpc) is 3.49. The van der Waals surface area contributed by atoms with Gasteiger partial charge in [-0.05, 0) is 31.9 Å². The second-order valence-corrected chi connectivity index (χ2v) is 7.06. The smallest absolute Gasteiger partial charge is 0.323 e. The van der Waals surface area contributed by atoms with Crippen molar-refractivity contribution in [2.75, 3.05) is 11.9 Å². The molecule has 29 heavy (non-hydrogen) atoms. The third-order valence-electron chi connectivity index (χ3n) is 5.20. The first kappa shape index (κ1) is 18.7. The normalized spacial score (nSPS) is 17.2. The van der Waals surface area contributed by atoms with Crippen LogP contribution in [0.25, 0.3) is 0 Å². The Morgan fingerprint density at radius 2 is 2.14 bits per heavy atom. The molecule has 3 amide bonds. The SMILES string of the molecule is C[C@@H](NC(=O)CN1C(=O)Nc2ccc(F)c(F)c2C12CC2)c1cnc(C#N)cn1. The van der Waals surface area contributed by atoms with E-state index in [0.29, 0.717) is 18.5 Å². The quantitative estimate of drug-likeness (QED) is 0.821. The minimum atomic E-state index is -1.02. The second kappa shape index (κ2) is 6.77. The summed E-state index contributed by atoms with van der Waals surface area (Å²) in [5.74, 6) is -2.49. The van der Waals surface area contributed by atoms with Gasteiger partial charge in [-0.2, -0.15) is 5.26 Å². The van der Waals surface area contributed by atoms with Crippen molar-refractivity contribution < 1.29 is 18.4 Å². The Morgan fingerprint density at radius 1 is 1.38 bits per heavy atom. The van der Waals surface area contributed by atoms with E-state index in [1.807, 2.05) is 6.07 Å². The highest BCUT2D eigenvalue weighted by atomic mass is 19.2. The van der Waals surface area contributed by atoms with Crippen LogP contribution in [0, 0.1) is 23.0 Å². The summed E-state index contributed by atoms with van der Waals surface area (Å²) in [6.45, 7) is 1.36. The molecule has 10 heteroatoms. The van der Waals surface area contributed by atoms with Gasteiger partial charge in [0.15, 0.2) is 17.3 Å². The largest absolute Gasteiger partial charge is 0.346 e. The Hall–Kier alpha value is -3.61. The predicted molar refractivity (Wildman–Crippen MR) is 96.3 cm³/mol. The van der Waals surface area contributed by atoms with Gasteiger partial charge >= 0.3 is 6.03 Å². The lowest BCUT2D eigenvalue weighted by Gasteiger charge is -2.38. The number of anilines is 1. The number of urea groups is 1. The highest BCUT2D eigenvalue weighted by molar-refractivity contribution is 5.97. The summed E-state index contributed by atoms with van der Waals surface area (Å²) in [6.07, 6.45) is 3.56. The Balaban J connectivity index is 1.51. The van der Waals surface area contributed by atoms with Crippen LogP contribution in [-0.2, 0) is 10.3 Å². The number of hydrogen-bond donors (Lipinski definition) is 2. The fourth-order valence-electron chi connectivity index (χ4n) is 3.61. The lowest BCUT2D eigenvalue weighted by atomic mass is 9.97. The Labute approximate surface area is 164 Å². The molecule has 0 unspecified atom stereocenters. The first-order chi connectivity index (χ1) is 13.9. The van der Waals surface area contributed by atoms with Gasteiger partial charge in [0.2, 0.25) is 5.91 Å². The summed E-state index contributed by atoms with van der Waals surface area (Å²) in [5.41, 5.74) is -0.111. The molecule has 2 aromatic rings. The summed E-state index contributed by atoms with van der Waals surface area (Å²) in [7, 11) is 0. The molecule has 0 radical (unpaired) electrons. The van der Waals surface area contributed by atoms with E-state index in [4.69, 9.17) is 5.26 Å². The van der Waals surface area contributed by atoms with E-state index in [1.54, 1.807) is 6.92 Å². The lowest BCUT2D eigenvalue weighted by molar-refractivity contribution is -0.123. The third kappa shape index (κ3) is 3.14. The molecule has 0 bridgehead atoms. The van der Waals surface area contributed by atoms with Crippen LogP contribution in [0.4, 0.5) is 19.3 Å². The molecule has 1 atom stereocenters. The highest BCUT2D eigenvalue weighted by Gasteiger charge is 2.57. The molecule has 1 spiro atoms. The molecule has 2 N–H and O–H groups in total. The van der Waals surface area contributed by atoms with Crippen LogP contribution >= 0.6 is 0 Å². The zero-order chi connectivity index (χ0) is 20.8. The number of aromatic nitrogens is 2. The number of nitrogens with zero attached hydrogens (tertiary/aromatic N) is 4. The van der Waals surface area contributed by atoms with Gasteiger partial charge in [0, 0.05) is 5.56 Å². The van der Waals surface area contributed by atoms with Crippen molar-refractivity contribution in [3.05, 3.63) is 53.1 Å². The van der Waals surface area contributed by atoms with Gasteiger partial charge in [-0.3, -0.25) is 9.78 Å². The van der Waals surface area contributed by atoms with Gasteiger partial charge in [0.1, 0.15) is 12.6 Å². The molecule has 1 aromatic heterocycles. The number of benzene rings is 1. The Bertz CT molecular complexity index is 1050. The van der Waals surface area contributed by atoms with E-state index in [-0.39, 0.29) is 23.5 Å². The average molecular weight is 398 g/mol. The molecular formula is C19H16F2N6O2. The van der Waals surface area contributed by atoms with Gasteiger partial charge in [-0.25, -0.2) is 18.6 Å². The summed E-state index contributed by atoms with van der Waals surface area (Å²) >= 11 is 0. The van der Waals surface area contributed by atoms with E-state index in [1.165, 1.54) is 23.4 Å². The molecule has 1 fully saturated rings. The van der Waals surface area contributed by atoms with Crippen molar-refractivity contribution in [1.29, 1.82) is 5.26 Å². The maximum atomic E-state index is 14.5. The topological polar surface area (TPSA) is 111 Å². The van der Waals surface area contributed by atoms with Gasteiger partial charge in [0.05, 0.1) is 35.4 Å². The van der Waals surface area contributed by atoms with Gasteiger partial charge in [0.25, 0.3) is 0 Å². The van der Waals surface area contributed by atoms with Crippen molar-refractivity contribution in [1.82, 2.24) is 20.2 Å². The number of nitrogens with one attached hydrogen (secondary N) is 2. The van der Waals surface area contributed by atoms with Gasteiger partial charge in [-0.15, -0.1) is 0 Å². The van der Waals surface area contributed by atoms with E-state index in [0.717, 1.165) is 6.07 Å². The maximum Gasteiger partial charge on any atom is 0.323 e. The second-order valence-electron chi connectivity index (χ2n) is 7.06. The molecule has 4 rings (SSSR count). The van der Waals surface area contributed by atoms with Crippen LogP contribution in [0.2, 0.25) is 0 Å². The molecule has 1 aliphatic heterocycles. The van der Waals surface area contributed by atoms with Crippen LogP contribution in [0.5, 0.6) is 0 Å². The number of halogens is 2. The monoisotopic (exact) mass is 398 g/mol. The minimum absolute atomic E-state index is 0.0795. The number of hydrogen-bond acceptors (Lipinski definition) is 5. The molecule has 0 saturated heterocycles. The van der Waals surface area contributed by atoms with Crippen LogP contribution in [0.3, 0.4) is 0 Å². The van der Waals surface area contributed by atoms with E-state index in [2.05, 4.69) is 20.6 Å². The number of fused-ring (bicyclic) bond motifs is 2. The number of nitriles is 1. The zero-order valence-electron chi connectivity index (χ0n) is 15.4. The van der Waals surface area contributed by atoms with Crippen molar-refractivity contribution in [3.8, 4) is 6.07 Å². The van der Waals surface area contributed by atoms with Crippen LogP contribution < -0.4 is 10.6 Å². The van der Waals surface area contributed by atoms with Crippen LogP contribution in [0.1, 0.15) is 42.8 Å². The minimum Gasteiger partial charge on any atom is -0.346 e. The van der Waals surface area contributed by atoms with Crippen molar-refractivity contribution in [3.63, 3.8) is 0 Å². The van der Waals surface area contributed by atoms with E-state index in [9.17, 15) is 18.4 Å². The van der Waals surface area contributed by atoms with Crippen LogP contribution in [0.15, 0.2) is 24.5 Å². The maximum absolute atomic E-state index is 14.5. The predicted octanol–water partition coefficient (Wildman–Crippen LogP) is 2.34.